The Kier molecular flexibility index (Phi) is 1.89. The van der Waals surface area contributed by atoms with Gasteiger partial charge in [0.15, 0.2) is 5.76 Å². The van der Waals surface area contributed by atoms with Crippen LogP contribution in [-0.4, -0.2) is 10.9 Å². The average Bonchev–Trinajstić information content (AvgIpc) is 2.38. The van der Waals surface area contributed by atoms with Gasteiger partial charge in [0.05, 0.1) is 12.5 Å². The van der Waals surface area contributed by atoms with Gasteiger partial charge in [-0.3, -0.25) is 4.79 Å². The summed E-state index contributed by atoms with van der Waals surface area (Å²) >= 11 is 0. The van der Waals surface area contributed by atoms with E-state index in [9.17, 15) is 4.79 Å². The first-order valence-corrected chi connectivity index (χ1v) is 2.73. The Morgan fingerprint density at radius 3 is 3.00 bits per heavy atom. The van der Waals surface area contributed by atoms with Crippen molar-refractivity contribution in [2.24, 2.45) is 0 Å². The Hall–Kier alpha value is -1.51. The molecule has 3 heteroatoms. The van der Waals surface area contributed by atoms with Crippen molar-refractivity contribution in [2.45, 2.75) is 0 Å². The smallest absolute Gasteiger partial charge is 0.224 e. The number of carbonyl (C=O) groups is 1. The molecule has 0 saturated heterocycles. The zero-order valence-electron chi connectivity index (χ0n) is 5.15. The highest BCUT2D eigenvalue weighted by Gasteiger charge is 2.02. The first kappa shape index (κ1) is 6.61. The molecule has 0 unspecified atom stereocenters. The van der Waals surface area contributed by atoms with Crippen LogP contribution in [0.15, 0.2) is 35.2 Å². The third kappa shape index (κ3) is 1.25. The lowest BCUT2D eigenvalue weighted by Gasteiger charge is -1.83. The molecule has 1 heterocycles. The maximum Gasteiger partial charge on any atom is 0.224 e. The van der Waals surface area contributed by atoms with Crippen LogP contribution < -0.4 is 0 Å². The van der Waals surface area contributed by atoms with E-state index in [1.165, 1.54) is 12.3 Å². The van der Waals surface area contributed by atoms with Gasteiger partial charge in [-0.15, -0.1) is 0 Å². The molecule has 0 saturated carbocycles. The molecular formula is C7H6O3. The van der Waals surface area contributed by atoms with Crippen molar-refractivity contribution >= 4 is 5.78 Å². The van der Waals surface area contributed by atoms with Gasteiger partial charge in [0.25, 0.3) is 0 Å². The molecule has 1 aromatic rings. The van der Waals surface area contributed by atoms with Gasteiger partial charge in [-0.25, -0.2) is 0 Å². The molecule has 0 aliphatic carbocycles. The van der Waals surface area contributed by atoms with Crippen molar-refractivity contribution in [2.75, 3.05) is 0 Å². The molecule has 0 amide bonds. The lowest BCUT2D eigenvalue weighted by atomic mass is 10.3. The maximum atomic E-state index is 10.8. The van der Waals surface area contributed by atoms with E-state index in [2.05, 4.69) is 0 Å². The Bertz CT molecular complexity index is 233. The minimum Gasteiger partial charge on any atom is -0.515 e. The Labute approximate surface area is 57.6 Å². The number of furan rings is 1. The van der Waals surface area contributed by atoms with Crippen LogP contribution in [0.2, 0.25) is 0 Å². The highest BCUT2D eigenvalue weighted by Crippen LogP contribution is 2.00. The van der Waals surface area contributed by atoms with Crippen LogP contribution in [-0.2, 0) is 0 Å². The molecule has 0 radical (unpaired) electrons. The van der Waals surface area contributed by atoms with Gasteiger partial charge in [-0.1, -0.05) is 0 Å². The predicted molar refractivity (Wildman–Crippen MR) is 34.8 cm³/mol. The standard InChI is InChI=1S/C7H6O3/c8-4-3-6(9)7-2-1-5-10-7/h1-5,8H/b4-3+. The van der Waals surface area contributed by atoms with E-state index in [1.54, 1.807) is 6.07 Å². The van der Waals surface area contributed by atoms with Crippen molar-refractivity contribution in [3.63, 3.8) is 0 Å². The lowest BCUT2D eigenvalue weighted by molar-refractivity contribution is 0.102. The molecule has 1 N–H and O–H groups in total. The molecule has 3 nitrogen and oxygen atoms in total. The number of aliphatic hydroxyl groups is 1. The molecule has 0 spiro atoms. The first-order valence-electron chi connectivity index (χ1n) is 2.73. The molecule has 0 bridgehead atoms. The lowest BCUT2D eigenvalue weighted by Crippen LogP contribution is -1.89. The van der Waals surface area contributed by atoms with E-state index < -0.39 is 0 Å². The van der Waals surface area contributed by atoms with Crippen molar-refractivity contribution in [3.05, 3.63) is 36.5 Å². The largest absolute Gasteiger partial charge is 0.515 e. The van der Waals surface area contributed by atoms with Gasteiger partial charge in [-0.05, 0) is 12.1 Å². The van der Waals surface area contributed by atoms with Crippen molar-refractivity contribution in [3.8, 4) is 0 Å². The summed E-state index contributed by atoms with van der Waals surface area (Å²) < 4.78 is 4.74. The summed E-state index contributed by atoms with van der Waals surface area (Å²) in [5.41, 5.74) is 0. The van der Waals surface area contributed by atoms with Crippen molar-refractivity contribution in [1.82, 2.24) is 0 Å². The predicted octanol–water partition coefficient (Wildman–Crippen LogP) is 1.53. The SMILES string of the molecule is O=C(/C=C/O)c1ccco1. The van der Waals surface area contributed by atoms with Gasteiger partial charge >= 0.3 is 0 Å². The molecule has 0 aliphatic heterocycles. The zero-order chi connectivity index (χ0) is 7.40. The maximum absolute atomic E-state index is 10.8. The molecule has 52 valence electrons. The fourth-order valence-corrected chi connectivity index (χ4v) is 0.569. The fraction of sp³-hybridized carbons (Fsp3) is 0. The van der Waals surface area contributed by atoms with Crippen LogP contribution >= 0.6 is 0 Å². The third-order valence-electron chi connectivity index (χ3n) is 0.990. The molecule has 0 aromatic carbocycles. The normalized spacial score (nSPS) is 10.4. The van der Waals surface area contributed by atoms with Gasteiger partial charge in [-0.2, -0.15) is 0 Å². The van der Waals surface area contributed by atoms with Gasteiger partial charge in [0, 0.05) is 6.08 Å². The molecular weight excluding hydrogens is 132 g/mol. The van der Waals surface area contributed by atoms with Crippen LogP contribution in [0.1, 0.15) is 10.6 Å². The summed E-state index contributed by atoms with van der Waals surface area (Å²) in [5, 5.41) is 8.19. The van der Waals surface area contributed by atoms with Crippen LogP contribution in [0, 0.1) is 0 Å². The third-order valence-corrected chi connectivity index (χ3v) is 0.990. The van der Waals surface area contributed by atoms with E-state index in [-0.39, 0.29) is 11.5 Å². The number of hydrogen-bond acceptors (Lipinski definition) is 3. The number of carbonyl (C=O) groups excluding carboxylic acids is 1. The Balaban J connectivity index is 2.78. The van der Waals surface area contributed by atoms with E-state index in [4.69, 9.17) is 9.52 Å². The van der Waals surface area contributed by atoms with Gasteiger partial charge < -0.3 is 9.52 Å². The summed E-state index contributed by atoms with van der Waals surface area (Å²) in [6, 6.07) is 3.14. The molecule has 1 aromatic heterocycles. The van der Waals surface area contributed by atoms with Gasteiger partial charge in [0.1, 0.15) is 0 Å². The molecule has 10 heavy (non-hydrogen) atoms. The Morgan fingerprint density at radius 1 is 1.70 bits per heavy atom. The first-order chi connectivity index (χ1) is 4.84. The summed E-state index contributed by atoms with van der Waals surface area (Å²) in [6.07, 6.45) is 3.11. The average molecular weight is 138 g/mol. The van der Waals surface area contributed by atoms with Crippen LogP contribution in [0.3, 0.4) is 0 Å². The molecule has 0 fully saturated rings. The number of hydrogen-bond donors (Lipinski definition) is 1. The molecule has 0 atom stereocenters. The summed E-state index contributed by atoms with van der Waals surface area (Å²) in [5.74, 6) is -0.113. The van der Waals surface area contributed by atoms with E-state index in [1.807, 2.05) is 0 Å². The van der Waals surface area contributed by atoms with Crippen LogP contribution in [0.25, 0.3) is 0 Å². The number of aliphatic hydroxyl groups excluding tert-OH is 1. The Morgan fingerprint density at radius 2 is 2.50 bits per heavy atom. The molecule has 1 rings (SSSR count). The quantitative estimate of drug-likeness (QED) is 0.383. The number of rotatable bonds is 2. The van der Waals surface area contributed by atoms with Crippen molar-refractivity contribution < 1.29 is 14.3 Å². The second kappa shape index (κ2) is 2.87. The minimum atomic E-state index is -0.340. The fourth-order valence-electron chi connectivity index (χ4n) is 0.569. The number of allylic oxidation sites excluding steroid dienone is 1. The summed E-state index contributed by atoms with van der Waals surface area (Å²) in [6.45, 7) is 0. The zero-order valence-corrected chi connectivity index (χ0v) is 5.15. The summed E-state index contributed by atoms with van der Waals surface area (Å²) in [7, 11) is 0. The summed E-state index contributed by atoms with van der Waals surface area (Å²) in [4.78, 5) is 10.8. The van der Waals surface area contributed by atoms with E-state index in [0.717, 1.165) is 6.08 Å². The second-order valence-electron chi connectivity index (χ2n) is 1.66. The van der Waals surface area contributed by atoms with Crippen LogP contribution in [0.4, 0.5) is 0 Å². The highest BCUT2D eigenvalue weighted by atomic mass is 16.3. The van der Waals surface area contributed by atoms with E-state index >= 15 is 0 Å². The highest BCUT2D eigenvalue weighted by molar-refractivity contribution is 6.02. The van der Waals surface area contributed by atoms with E-state index in [0.29, 0.717) is 6.26 Å². The van der Waals surface area contributed by atoms with Gasteiger partial charge in [0.2, 0.25) is 5.78 Å². The van der Waals surface area contributed by atoms with Crippen molar-refractivity contribution in [1.29, 1.82) is 0 Å². The minimum absolute atomic E-state index is 0.227. The van der Waals surface area contributed by atoms with Crippen LogP contribution in [0.5, 0.6) is 0 Å². The molecule has 0 aliphatic rings. The monoisotopic (exact) mass is 138 g/mol. The number of ketones is 1. The topological polar surface area (TPSA) is 50.4 Å². The second-order valence-corrected chi connectivity index (χ2v) is 1.66.